The topological polar surface area (TPSA) is 4.93 Å². The summed E-state index contributed by atoms with van der Waals surface area (Å²) in [6.45, 7) is 0. The molecule has 1 heterocycles. The molecule has 26 heavy (non-hydrogen) atoms. The second-order valence-corrected chi connectivity index (χ2v) is 7.05. The molecule has 0 radical (unpaired) electrons. The molecule has 0 atom stereocenters. The molecule has 0 amide bonds. The van der Waals surface area contributed by atoms with Crippen molar-refractivity contribution in [2.24, 2.45) is 7.05 Å². The molecule has 122 valence electrons. The van der Waals surface area contributed by atoms with E-state index < -0.39 is 0 Å². The van der Waals surface area contributed by atoms with E-state index in [1.54, 1.807) is 0 Å². The summed E-state index contributed by atoms with van der Waals surface area (Å²) in [6, 6.07) is 30.8. The fourth-order valence-electron chi connectivity index (χ4n) is 4.66. The summed E-state index contributed by atoms with van der Waals surface area (Å²) in [5.41, 5.74) is 2.61. The number of aryl methyl sites for hydroxylation is 1. The van der Waals surface area contributed by atoms with E-state index in [4.69, 9.17) is 0 Å². The van der Waals surface area contributed by atoms with Gasteiger partial charge < -0.3 is 4.57 Å². The zero-order valence-electron chi connectivity index (χ0n) is 14.5. The summed E-state index contributed by atoms with van der Waals surface area (Å²) in [5, 5.41) is 10.7. The van der Waals surface area contributed by atoms with Crippen LogP contribution in [-0.4, -0.2) is 4.57 Å². The Kier molecular flexibility index (Phi) is 2.60. The molecule has 6 rings (SSSR count). The minimum absolute atomic E-state index is 1.29. The first kappa shape index (κ1) is 13.9. The van der Waals surface area contributed by atoms with Crippen molar-refractivity contribution in [1.29, 1.82) is 0 Å². The Balaban J connectivity index is 2.09. The number of para-hydroxylation sites is 1. The van der Waals surface area contributed by atoms with Crippen molar-refractivity contribution >= 4 is 54.1 Å². The van der Waals surface area contributed by atoms with Crippen molar-refractivity contribution < 1.29 is 0 Å². The van der Waals surface area contributed by atoms with Crippen LogP contribution < -0.4 is 0 Å². The molecule has 1 heteroatoms. The van der Waals surface area contributed by atoms with Crippen molar-refractivity contribution in [2.45, 2.75) is 0 Å². The maximum Gasteiger partial charge on any atom is 0.0574 e. The van der Waals surface area contributed by atoms with Crippen LogP contribution in [0.5, 0.6) is 0 Å². The number of fused-ring (bicyclic) bond motifs is 10. The highest BCUT2D eigenvalue weighted by Gasteiger charge is 2.16. The lowest BCUT2D eigenvalue weighted by molar-refractivity contribution is 1.02. The molecule has 1 nitrogen and oxygen atoms in total. The Morgan fingerprint density at radius 2 is 1.15 bits per heavy atom. The maximum absolute atomic E-state index is 2.35. The number of nitrogens with zero attached hydrogens (tertiary/aromatic N) is 1. The first-order valence-corrected chi connectivity index (χ1v) is 9.04. The predicted molar refractivity (Wildman–Crippen MR) is 113 cm³/mol. The van der Waals surface area contributed by atoms with Gasteiger partial charge in [0.2, 0.25) is 0 Å². The van der Waals surface area contributed by atoms with Crippen LogP contribution in [0.15, 0.2) is 84.9 Å². The zero-order valence-corrected chi connectivity index (χ0v) is 14.5. The second kappa shape index (κ2) is 4.86. The summed E-state index contributed by atoms with van der Waals surface area (Å²) in [4.78, 5) is 0. The van der Waals surface area contributed by atoms with E-state index in [-0.39, 0.29) is 0 Å². The first-order valence-electron chi connectivity index (χ1n) is 9.04. The molecule has 0 saturated heterocycles. The summed E-state index contributed by atoms with van der Waals surface area (Å²) >= 11 is 0. The number of hydrogen-bond acceptors (Lipinski definition) is 0. The van der Waals surface area contributed by atoms with E-state index in [9.17, 15) is 0 Å². The lowest BCUT2D eigenvalue weighted by Crippen LogP contribution is -1.89. The van der Waals surface area contributed by atoms with Gasteiger partial charge in [0.15, 0.2) is 0 Å². The van der Waals surface area contributed by atoms with Gasteiger partial charge in [-0.05, 0) is 33.0 Å². The normalized spacial score (nSPS) is 12.0. The summed E-state index contributed by atoms with van der Waals surface area (Å²) in [5.74, 6) is 0. The Labute approximate surface area is 151 Å². The molecule has 0 saturated carbocycles. The van der Waals surface area contributed by atoms with Gasteiger partial charge in [-0.15, -0.1) is 0 Å². The lowest BCUT2D eigenvalue weighted by atomic mass is 9.93. The number of rotatable bonds is 0. The summed E-state index contributed by atoms with van der Waals surface area (Å²) in [7, 11) is 2.18. The highest BCUT2D eigenvalue weighted by molar-refractivity contribution is 6.35. The highest BCUT2D eigenvalue weighted by Crippen LogP contribution is 2.42. The zero-order chi connectivity index (χ0) is 17.3. The van der Waals surface area contributed by atoms with Crippen molar-refractivity contribution in [2.75, 3.05) is 0 Å². The van der Waals surface area contributed by atoms with Gasteiger partial charge in [0.05, 0.1) is 5.52 Å². The highest BCUT2D eigenvalue weighted by atomic mass is 14.9. The largest absolute Gasteiger partial charge is 0.343 e. The molecule has 5 aromatic carbocycles. The van der Waals surface area contributed by atoms with Crippen LogP contribution in [0.4, 0.5) is 0 Å². The molecular formula is C25H17N. The summed E-state index contributed by atoms with van der Waals surface area (Å²) in [6.07, 6.45) is 0. The minimum Gasteiger partial charge on any atom is -0.343 e. The van der Waals surface area contributed by atoms with Crippen LogP contribution in [0.25, 0.3) is 54.1 Å². The van der Waals surface area contributed by atoms with Gasteiger partial charge in [0.1, 0.15) is 0 Å². The third-order valence-corrected chi connectivity index (χ3v) is 5.76. The fraction of sp³-hybridized carbons (Fsp3) is 0.0400. The third-order valence-electron chi connectivity index (χ3n) is 5.76. The van der Waals surface area contributed by atoms with Crippen molar-refractivity contribution in [3.63, 3.8) is 0 Å². The molecule has 0 spiro atoms. The molecule has 0 fully saturated rings. The lowest BCUT2D eigenvalue weighted by Gasteiger charge is -2.11. The average Bonchev–Trinajstić information content (AvgIpc) is 3.01. The molecule has 0 aliphatic heterocycles. The van der Waals surface area contributed by atoms with Crippen LogP contribution in [0.2, 0.25) is 0 Å². The summed E-state index contributed by atoms with van der Waals surface area (Å²) < 4.78 is 2.35. The van der Waals surface area contributed by atoms with E-state index in [0.717, 1.165) is 0 Å². The number of aromatic nitrogens is 1. The van der Waals surface area contributed by atoms with Gasteiger partial charge in [-0.25, -0.2) is 0 Å². The van der Waals surface area contributed by atoms with Crippen LogP contribution >= 0.6 is 0 Å². The number of benzene rings is 5. The van der Waals surface area contributed by atoms with Crippen molar-refractivity contribution in [3.8, 4) is 0 Å². The van der Waals surface area contributed by atoms with Gasteiger partial charge in [-0.1, -0.05) is 78.9 Å². The fourth-order valence-corrected chi connectivity index (χ4v) is 4.66. The number of hydrogen-bond donors (Lipinski definition) is 0. The van der Waals surface area contributed by atoms with Gasteiger partial charge in [-0.3, -0.25) is 0 Å². The monoisotopic (exact) mass is 331 g/mol. The van der Waals surface area contributed by atoms with Gasteiger partial charge in [0, 0.05) is 28.7 Å². The smallest absolute Gasteiger partial charge is 0.0574 e. The van der Waals surface area contributed by atoms with E-state index in [2.05, 4.69) is 96.5 Å². The standard InChI is InChI=1S/C25H17N/c1-26-22-13-7-6-12-20(22)24-21-15-14-16-8-2-3-9-17(16)23(21)18-10-4-5-11-19(18)25(24)26/h2-15H,1H3. The predicted octanol–water partition coefficient (Wildman–Crippen LogP) is 6.79. The van der Waals surface area contributed by atoms with Gasteiger partial charge >= 0.3 is 0 Å². The SMILES string of the molecule is Cn1c2ccccc2c2c3ccc4ccccc4c3c3ccccc3c21. The second-order valence-electron chi connectivity index (χ2n) is 7.05. The Hall–Kier alpha value is -3.32. The van der Waals surface area contributed by atoms with E-state index in [1.165, 1.54) is 54.1 Å². The Bertz CT molecular complexity index is 1480. The average molecular weight is 331 g/mol. The van der Waals surface area contributed by atoms with E-state index in [1.807, 2.05) is 0 Å². The van der Waals surface area contributed by atoms with Crippen LogP contribution in [0.1, 0.15) is 0 Å². The van der Waals surface area contributed by atoms with Gasteiger partial charge in [0.25, 0.3) is 0 Å². The molecule has 0 aliphatic carbocycles. The van der Waals surface area contributed by atoms with Crippen LogP contribution in [0.3, 0.4) is 0 Å². The third kappa shape index (κ3) is 1.60. The first-order chi connectivity index (χ1) is 12.8. The molecule has 0 aliphatic rings. The van der Waals surface area contributed by atoms with E-state index in [0.29, 0.717) is 0 Å². The molecular weight excluding hydrogens is 314 g/mol. The maximum atomic E-state index is 2.35. The Morgan fingerprint density at radius 1 is 0.500 bits per heavy atom. The van der Waals surface area contributed by atoms with E-state index >= 15 is 0 Å². The van der Waals surface area contributed by atoms with Crippen LogP contribution in [-0.2, 0) is 7.05 Å². The molecule has 0 bridgehead atoms. The quantitative estimate of drug-likeness (QED) is 0.270. The Morgan fingerprint density at radius 3 is 2.00 bits per heavy atom. The molecule has 1 aromatic heterocycles. The van der Waals surface area contributed by atoms with Crippen molar-refractivity contribution in [1.82, 2.24) is 4.57 Å². The molecule has 6 aromatic rings. The van der Waals surface area contributed by atoms with Crippen LogP contribution in [0, 0.1) is 0 Å². The van der Waals surface area contributed by atoms with Crippen molar-refractivity contribution in [3.05, 3.63) is 84.9 Å². The minimum atomic E-state index is 1.29. The molecule has 0 N–H and O–H groups in total. The van der Waals surface area contributed by atoms with Gasteiger partial charge in [-0.2, -0.15) is 0 Å². The molecule has 0 unspecified atom stereocenters.